The second kappa shape index (κ2) is 6.72. The number of rotatable bonds is 3. The maximum Gasteiger partial charge on any atom is 0.328 e. The SMILES string of the molecule is Cc1ccc(S(=O)(=O)N2CCCC(=CC(=O)O)c3ccccc32)cc1. The molecule has 1 aliphatic heterocycles. The summed E-state index contributed by atoms with van der Waals surface area (Å²) in [4.78, 5) is 11.3. The van der Waals surface area contributed by atoms with Crippen molar-refractivity contribution in [2.75, 3.05) is 10.8 Å². The molecule has 0 bridgehead atoms. The van der Waals surface area contributed by atoms with Crippen molar-refractivity contribution in [1.82, 2.24) is 0 Å². The van der Waals surface area contributed by atoms with Gasteiger partial charge in [0.15, 0.2) is 0 Å². The molecule has 0 radical (unpaired) electrons. The average Bonchev–Trinajstić information content (AvgIpc) is 2.75. The van der Waals surface area contributed by atoms with Crippen LogP contribution in [-0.4, -0.2) is 26.0 Å². The lowest BCUT2D eigenvalue weighted by Gasteiger charge is -2.24. The molecular weight excluding hydrogens is 338 g/mol. The molecule has 0 atom stereocenters. The van der Waals surface area contributed by atoms with Crippen molar-refractivity contribution in [2.45, 2.75) is 24.7 Å². The maximum atomic E-state index is 13.1. The Kier molecular flexibility index (Phi) is 4.63. The smallest absolute Gasteiger partial charge is 0.328 e. The highest BCUT2D eigenvalue weighted by atomic mass is 32.2. The molecule has 0 unspecified atom stereocenters. The largest absolute Gasteiger partial charge is 0.478 e. The van der Waals surface area contributed by atoms with Crippen molar-refractivity contribution in [3.63, 3.8) is 0 Å². The highest BCUT2D eigenvalue weighted by Crippen LogP contribution is 2.36. The quantitative estimate of drug-likeness (QED) is 0.854. The second-order valence-corrected chi connectivity index (χ2v) is 7.88. The molecule has 5 nitrogen and oxygen atoms in total. The summed E-state index contributed by atoms with van der Waals surface area (Å²) in [6.45, 7) is 2.21. The summed E-state index contributed by atoms with van der Waals surface area (Å²) in [5, 5.41) is 9.10. The second-order valence-electron chi connectivity index (χ2n) is 6.02. The maximum absolute atomic E-state index is 13.1. The number of nitrogens with zero attached hydrogens (tertiary/aromatic N) is 1. The Bertz CT molecular complexity index is 930. The number of aryl methyl sites for hydroxylation is 1. The zero-order valence-electron chi connectivity index (χ0n) is 13.8. The number of para-hydroxylation sites is 1. The molecule has 0 aromatic heterocycles. The Morgan fingerprint density at radius 3 is 2.48 bits per heavy atom. The van der Waals surface area contributed by atoms with Crippen molar-refractivity contribution in [3.8, 4) is 0 Å². The van der Waals surface area contributed by atoms with Crippen LogP contribution in [0.1, 0.15) is 24.0 Å². The highest BCUT2D eigenvalue weighted by Gasteiger charge is 2.29. The Labute approximate surface area is 147 Å². The Morgan fingerprint density at radius 1 is 1.12 bits per heavy atom. The normalized spacial score (nSPS) is 16.4. The van der Waals surface area contributed by atoms with Crippen molar-refractivity contribution in [2.24, 2.45) is 0 Å². The minimum Gasteiger partial charge on any atom is -0.478 e. The predicted octanol–water partition coefficient (Wildman–Crippen LogP) is 3.45. The van der Waals surface area contributed by atoms with Crippen molar-refractivity contribution in [3.05, 3.63) is 65.7 Å². The molecule has 0 saturated heterocycles. The molecule has 0 saturated carbocycles. The predicted molar refractivity (Wildman–Crippen MR) is 97.0 cm³/mol. The van der Waals surface area contributed by atoms with Crippen LogP contribution in [0, 0.1) is 6.92 Å². The molecular formula is C19H19NO4S. The average molecular weight is 357 g/mol. The zero-order chi connectivity index (χ0) is 18.0. The van der Waals surface area contributed by atoms with E-state index in [4.69, 9.17) is 5.11 Å². The lowest BCUT2D eigenvalue weighted by molar-refractivity contribution is -0.131. The van der Waals surface area contributed by atoms with Gasteiger partial charge >= 0.3 is 5.97 Å². The summed E-state index contributed by atoms with van der Waals surface area (Å²) in [7, 11) is -3.71. The van der Waals surface area contributed by atoms with Crippen LogP contribution in [0.15, 0.2) is 59.5 Å². The number of anilines is 1. The van der Waals surface area contributed by atoms with E-state index in [0.29, 0.717) is 36.2 Å². The number of aliphatic carboxylic acids is 1. The molecule has 0 spiro atoms. The molecule has 3 rings (SSSR count). The first-order valence-corrected chi connectivity index (χ1v) is 9.46. The fourth-order valence-electron chi connectivity index (χ4n) is 3.02. The third-order valence-electron chi connectivity index (χ3n) is 4.23. The standard InChI is InChI=1S/C19H19NO4S/c1-14-8-10-16(11-9-14)25(23,24)20-12-4-5-15(13-19(21)22)17-6-2-3-7-18(17)20/h2-3,6-11,13H,4-5,12H2,1H3,(H,21,22). The number of hydrogen-bond donors (Lipinski definition) is 1. The van der Waals surface area contributed by atoms with Gasteiger partial charge in [0.1, 0.15) is 0 Å². The van der Waals surface area contributed by atoms with Gasteiger partial charge in [0.2, 0.25) is 0 Å². The third-order valence-corrected chi connectivity index (χ3v) is 6.06. The van der Waals surface area contributed by atoms with Crippen LogP contribution >= 0.6 is 0 Å². The monoisotopic (exact) mass is 357 g/mol. The lowest BCUT2D eigenvalue weighted by Crippen LogP contribution is -2.31. The molecule has 1 N–H and O–H groups in total. The lowest BCUT2D eigenvalue weighted by atomic mass is 10.0. The van der Waals surface area contributed by atoms with Gasteiger partial charge in [-0.25, -0.2) is 13.2 Å². The molecule has 0 aliphatic carbocycles. The molecule has 0 fully saturated rings. The van der Waals surface area contributed by atoms with Crippen LogP contribution in [0.5, 0.6) is 0 Å². The third kappa shape index (κ3) is 3.44. The first-order chi connectivity index (χ1) is 11.9. The molecule has 1 heterocycles. The molecule has 130 valence electrons. The number of sulfonamides is 1. The van der Waals surface area contributed by atoms with E-state index in [1.165, 1.54) is 10.4 Å². The van der Waals surface area contributed by atoms with Crippen molar-refractivity contribution >= 4 is 27.3 Å². The van der Waals surface area contributed by atoms with Crippen LogP contribution < -0.4 is 4.31 Å². The summed E-state index contributed by atoms with van der Waals surface area (Å²) in [6, 6.07) is 13.8. The molecule has 2 aromatic carbocycles. The fourth-order valence-corrected chi connectivity index (χ4v) is 4.54. The van der Waals surface area contributed by atoms with Gasteiger partial charge in [-0.3, -0.25) is 4.31 Å². The van der Waals surface area contributed by atoms with E-state index in [-0.39, 0.29) is 4.90 Å². The van der Waals surface area contributed by atoms with Gasteiger partial charge in [0, 0.05) is 18.2 Å². The number of fused-ring (bicyclic) bond motifs is 1. The number of carboxylic acids is 1. The number of benzene rings is 2. The summed E-state index contributed by atoms with van der Waals surface area (Å²) in [6.07, 6.45) is 2.24. The molecule has 0 amide bonds. The minimum absolute atomic E-state index is 0.235. The Hall–Kier alpha value is -2.60. The fraction of sp³-hybridized carbons (Fsp3) is 0.211. The van der Waals surface area contributed by atoms with Crippen LogP contribution in [0.25, 0.3) is 5.57 Å². The van der Waals surface area contributed by atoms with E-state index in [2.05, 4.69) is 0 Å². The zero-order valence-corrected chi connectivity index (χ0v) is 14.7. The van der Waals surface area contributed by atoms with Crippen LogP contribution in [0.2, 0.25) is 0 Å². The molecule has 25 heavy (non-hydrogen) atoms. The minimum atomic E-state index is -3.71. The van der Waals surface area contributed by atoms with Crippen molar-refractivity contribution < 1.29 is 18.3 Å². The van der Waals surface area contributed by atoms with Gasteiger partial charge in [0.05, 0.1) is 10.6 Å². The first kappa shape index (κ1) is 17.2. The number of hydrogen-bond acceptors (Lipinski definition) is 3. The number of allylic oxidation sites excluding steroid dienone is 1. The van der Waals surface area contributed by atoms with Crippen LogP contribution in [-0.2, 0) is 14.8 Å². The van der Waals surface area contributed by atoms with Gasteiger partial charge < -0.3 is 5.11 Å². The van der Waals surface area contributed by atoms with Gasteiger partial charge in [-0.2, -0.15) is 0 Å². The van der Waals surface area contributed by atoms with E-state index >= 15 is 0 Å². The summed E-state index contributed by atoms with van der Waals surface area (Å²) >= 11 is 0. The summed E-state index contributed by atoms with van der Waals surface area (Å²) in [5.74, 6) is -1.03. The Morgan fingerprint density at radius 2 is 1.80 bits per heavy atom. The van der Waals surface area contributed by atoms with E-state index in [9.17, 15) is 13.2 Å². The number of carboxylic acid groups (broad SMARTS) is 1. The van der Waals surface area contributed by atoms with E-state index in [0.717, 1.165) is 5.56 Å². The van der Waals surface area contributed by atoms with Gasteiger partial charge in [-0.15, -0.1) is 0 Å². The van der Waals surface area contributed by atoms with E-state index in [1.807, 2.05) is 6.92 Å². The first-order valence-electron chi connectivity index (χ1n) is 8.02. The van der Waals surface area contributed by atoms with Gasteiger partial charge in [-0.1, -0.05) is 35.9 Å². The summed E-state index contributed by atoms with van der Waals surface area (Å²) < 4.78 is 27.7. The van der Waals surface area contributed by atoms with Crippen LogP contribution in [0.4, 0.5) is 5.69 Å². The topological polar surface area (TPSA) is 74.7 Å². The summed E-state index contributed by atoms with van der Waals surface area (Å²) in [5.41, 5.74) is 2.80. The van der Waals surface area contributed by atoms with Gasteiger partial charge in [0.25, 0.3) is 10.0 Å². The molecule has 6 heteroatoms. The van der Waals surface area contributed by atoms with Gasteiger partial charge in [-0.05, 0) is 43.5 Å². The Balaban J connectivity index is 2.13. The van der Waals surface area contributed by atoms with E-state index < -0.39 is 16.0 Å². The van der Waals surface area contributed by atoms with Crippen molar-refractivity contribution in [1.29, 1.82) is 0 Å². The van der Waals surface area contributed by atoms with Crippen LogP contribution in [0.3, 0.4) is 0 Å². The van der Waals surface area contributed by atoms with E-state index in [1.54, 1.807) is 48.5 Å². The molecule has 1 aliphatic rings. The highest BCUT2D eigenvalue weighted by molar-refractivity contribution is 7.92. The number of carbonyl (C=O) groups is 1. The molecule has 2 aromatic rings.